The van der Waals surface area contributed by atoms with Gasteiger partial charge in [0.2, 0.25) is 0 Å². The number of allylic oxidation sites excluding steroid dienone is 1. The van der Waals surface area contributed by atoms with Crippen molar-refractivity contribution in [2.45, 2.75) is 134 Å². The molecule has 0 aromatic carbocycles. The second-order valence-electron chi connectivity index (χ2n) is 15.7. The molecule has 0 aromatic rings. The van der Waals surface area contributed by atoms with Gasteiger partial charge in [0, 0.05) is 31.3 Å². The van der Waals surface area contributed by atoms with Gasteiger partial charge in [-0.1, -0.05) is 39.3 Å². The van der Waals surface area contributed by atoms with E-state index in [4.69, 9.17) is 18.9 Å². The second-order valence-corrected chi connectivity index (χ2v) is 15.7. The molecule has 0 amide bonds. The van der Waals surface area contributed by atoms with Gasteiger partial charge in [0.1, 0.15) is 24.4 Å². The molecule has 6 N–H and O–H groups in total. The first-order chi connectivity index (χ1) is 20.8. The van der Waals surface area contributed by atoms with E-state index in [9.17, 15) is 30.6 Å². The maximum absolute atomic E-state index is 11.3. The van der Waals surface area contributed by atoms with Crippen LogP contribution in [0.3, 0.4) is 0 Å². The topological polar surface area (TPSA) is 158 Å². The number of rotatable bonds is 8. The SMILES string of the molecule is CO[C@]1(CC[C@@H](C)CO[C@@H]2O[C@H](CO)[C@@H](O)[C@H](O)[C@H]2O)O[C@H]2C[C@H]3[C@@H]4CC=C5C[C@@H](O)C[C@@H](O)[C@]5(C)[C@H]4CC[C@]3(C)[C@H]2[C@@H]1C. The van der Waals surface area contributed by atoms with Crippen molar-refractivity contribution in [2.24, 2.45) is 46.3 Å². The minimum atomic E-state index is -1.46. The van der Waals surface area contributed by atoms with Gasteiger partial charge in [-0.05, 0) is 73.5 Å². The van der Waals surface area contributed by atoms with Gasteiger partial charge in [-0.15, -0.1) is 0 Å². The fraction of sp³-hybridized carbons (Fsp3) is 0.941. The Morgan fingerprint density at radius 3 is 2.50 bits per heavy atom. The molecule has 4 aliphatic carbocycles. The summed E-state index contributed by atoms with van der Waals surface area (Å²) in [6.45, 7) is 8.85. The van der Waals surface area contributed by atoms with Crippen molar-refractivity contribution in [3.63, 3.8) is 0 Å². The van der Waals surface area contributed by atoms with Crippen molar-refractivity contribution in [2.75, 3.05) is 20.3 Å². The van der Waals surface area contributed by atoms with Crippen LogP contribution in [0, 0.1) is 46.3 Å². The molecule has 252 valence electrons. The molecule has 0 bridgehead atoms. The van der Waals surface area contributed by atoms with E-state index in [0.29, 0.717) is 42.9 Å². The van der Waals surface area contributed by atoms with Crippen LogP contribution in [-0.4, -0.2) is 106 Å². The van der Waals surface area contributed by atoms with Gasteiger partial charge in [0.25, 0.3) is 0 Å². The van der Waals surface area contributed by atoms with E-state index in [-0.39, 0.29) is 35.4 Å². The largest absolute Gasteiger partial charge is 0.394 e. The van der Waals surface area contributed by atoms with E-state index in [2.05, 4.69) is 33.8 Å². The summed E-state index contributed by atoms with van der Waals surface area (Å²) in [7, 11) is 1.75. The molecule has 2 heterocycles. The fourth-order valence-electron chi connectivity index (χ4n) is 11.0. The third kappa shape index (κ3) is 5.06. The van der Waals surface area contributed by atoms with E-state index in [1.807, 2.05) is 0 Å². The van der Waals surface area contributed by atoms with Crippen LogP contribution in [0.2, 0.25) is 0 Å². The zero-order valence-electron chi connectivity index (χ0n) is 27.0. The molecule has 10 nitrogen and oxygen atoms in total. The third-order valence-corrected chi connectivity index (χ3v) is 13.6. The molecule has 44 heavy (non-hydrogen) atoms. The minimum Gasteiger partial charge on any atom is -0.394 e. The molecule has 3 saturated carbocycles. The van der Waals surface area contributed by atoms with E-state index >= 15 is 0 Å². The van der Waals surface area contributed by atoms with Gasteiger partial charge in [-0.3, -0.25) is 0 Å². The molecule has 0 aromatic heterocycles. The van der Waals surface area contributed by atoms with Crippen LogP contribution in [0.15, 0.2) is 11.6 Å². The van der Waals surface area contributed by atoms with E-state index in [1.165, 1.54) is 5.57 Å². The normalized spacial score (nSPS) is 54.2. The summed E-state index contributed by atoms with van der Waals surface area (Å²) in [5.74, 6) is 1.41. The Morgan fingerprint density at radius 2 is 1.80 bits per heavy atom. The van der Waals surface area contributed by atoms with Crippen LogP contribution in [0.25, 0.3) is 0 Å². The highest BCUT2D eigenvalue weighted by Crippen LogP contribution is 2.70. The zero-order valence-corrected chi connectivity index (χ0v) is 27.0. The molecular formula is C34H56O10. The summed E-state index contributed by atoms with van der Waals surface area (Å²) in [4.78, 5) is 0. The molecule has 5 fully saturated rings. The van der Waals surface area contributed by atoms with Crippen LogP contribution in [0.1, 0.15) is 79.1 Å². The van der Waals surface area contributed by atoms with Crippen LogP contribution >= 0.6 is 0 Å². The van der Waals surface area contributed by atoms with Crippen molar-refractivity contribution in [1.82, 2.24) is 0 Å². The zero-order chi connectivity index (χ0) is 31.8. The maximum atomic E-state index is 11.3. The molecule has 0 unspecified atom stereocenters. The molecule has 2 aliphatic heterocycles. The monoisotopic (exact) mass is 624 g/mol. The molecule has 17 atom stereocenters. The molecule has 6 rings (SSSR count). The lowest BCUT2D eigenvalue weighted by molar-refractivity contribution is -0.303. The average Bonchev–Trinajstić information content (AvgIpc) is 3.45. The third-order valence-electron chi connectivity index (χ3n) is 13.6. The number of aliphatic hydroxyl groups excluding tert-OH is 6. The molecule has 6 aliphatic rings. The Hall–Kier alpha value is -0.660. The Morgan fingerprint density at radius 1 is 1.05 bits per heavy atom. The lowest BCUT2D eigenvalue weighted by Gasteiger charge is -2.59. The predicted molar refractivity (Wildman–Crippen MR) is 160 cm³/mol. The van der Waals surface area contributed by atoms with Gasteiger partial charge >= 0.3 is 0 Å². The van der Waals surface area contributed by atoms with Crippen molar-refractivity contribution in [1.29, 1.82) is 0 Å². The average molecular weight is 625 g/mol. The summed E-state index contributed by atoms with van der Waals surface area (Å²) in [5, 5.41) is 61.5. The number of hydrogen-bond donors (Lipinski definition) is 6. The molecular weight excluding hydrogens is 568 g/mol. The van der Waals surface area contributed by atoms with Gasteiger partial charge < -0.3 is 49.6 Å². The van der Waals surface area contributed by atoms with Crippen molar-refractivity contribution in [3.05, 3.63) is 11.6 Å². The summed E-state index contributed by atoms with van der Waals surface area (Å²) in [6.07, 6.45) is 1.95. The van der Waals surface area contributed by atoms with Gasteiger partial charge in [-0.2, -0.15) is 0 Å². The molecule has 2 saturated heterocycles. The summed E-state index contributed by atoms with van der Waals surface area (Å²) in [6, 6.07) is 0. The summed E-state index contributed by atoms with van der Waals surface area (Å²) < 4.78 is 24.5. The fourth-order valence-corrected chi connectivity index (χ4v) is 11.0. The Kier molecular flexibility index (Phi) is 9.14. The number of fused-ring (bicyclic) bond motifs is 7. The number of hydrogen-bond acceptors (Lipinski definition) is 10. The van der Waals surface area contributed by atoms with Crippen LogP contribution in [0.4, 0.5) is 0 Å². The van der Waals surface area contributed by atoms with Crippen LogP contribution < -0.4 is 0 Å². The van der Waals surface area contributed by atoms with Crippen molar-refractivity contribution >= 4 is 0 Å². The Labute approximate surface area is 261 Å². The smallest absolute Gasteiger partial charge is 0.186 e. The van der Waals surface area contributed by atoms with E-state index < -0.39 is 55.3 Å². The number of ether oxygens (including phenoxy) is 4. The molecule has 0 spiro atoms. The van der Waals surface area contributed by atoms with E-state index in [1.54, 1.807) is 7.11 Å². The lowest BCUT2D eigenvalue weighted by atomic mass is 9.46. The van der Waals surface area contributed by atoms with Crippen molar-refractivity contribution in [3.8, 4) is 0 Å². The highest BCUT2D eigenvalue weighted by molar-refractivity contribution is 5.28. The number of methoxy groups -OCH3 is 1. The van der Waals surface area contributed by atoms with Gasteiger partial charge in [0.05, 0.1) is 31.5 Å². The summed E-state index contributed by atoms with van der Waals surface area (Å²) >= 11 is 0. The Bertz CT molecular complexity index is 1070. The quantitative estimate of drug-likeness (QED) is 0.221. The van der Waals surface area contributed by atoms with Crippen molar-refractivity contribution < 1.29 is 49.6 Å². The maximum Gasteiger partial charge on any atom is 0.186 e. The first-order valence-corrected chi connectivity index (χ1v) is 17.0. The van der Waals surface area contributed by atoms with Crippen LogP contribution in [0.5, 0.6) is 0 Å². The standard InChI is InChI=1S/C34H56O10/c1-17(16-42-31-30(40)29(39)28(38)25(15-35)43-31)8-11-34(41-5)18(2)27-24(44-34)14-23-21-7-6-19-12-20(36)13-26(37)33(19,4)22(21)9-10-32(23,27)3/h6,17-18,20-31,35-40H,7-16H2,1-5H3/t17-,18+,20-,21-,22+,23+,24+,25-,26-,27+,28-,29+,30-,31-,32+,33+,34-/m1/s1. The lowest BCUT2D eigenvalue weighted by Crippen LogP contribution is -2.59. The predicted octanol–water partition coefficient (Wildman–Crippen LogP) is 2.12. The van der Waals surface area contributed by atoms with E-state index in [0.717, 1.165) is 32.1 Å². The summed E-state index contributed by atoms with van der Waals surface area (Å²) in [5.41, 5.74) is 1.14. The highest BCUT2D eigenvalue weighted by atomic mass is 16.7. The first-order valence-electron chi connectivity index (χ1n) is 17.0. The molecule has 0 radical (unpaired) electrons. The first kappa shape index (κ1) is 33.2. The van der Waals surface area contributed by atoms with Crippen LogP contribution in [-0.2, 0) is 18.9 Å². The van der Waals surface area contributed by atoms with Gasteiger partial charge in [-0.25, -0.2) is 0 Å². The highest BCUT2D eigenvalue weighted by Gasteiger charge is 2.68. The number of aliphatic hydroxyl groups is 6. The molecule has 10 heteroatoms. The van der Waals surface area contributed by atoms with Gasteiger partial charge in [0.15, 0.2) is 12.1 Å². The Balaban J connectivity index is 1.10. The minimum absolute atomic E-state index is 0.0776. The second kappa shape index (κ2) is 12.1.